The highest BCUT2D eigenvalue weighted by atomic mass is 35.5. The minimum Gasteiger partial charge on any atom is -0.381 e. The molecule has 3 heterocycles. The van der Waals surface area contributed by atoms with Crippen molar-refractivity contribution in [2.24, 2.45) is 0 Å². The van der Waals surface area contributed by atoms with Crippen molar-refractivity contribution >= 4 is 23.1 Å². The van der Waals surface area contributed by atoms with Crippen molar-refractivity contribution in [2.45, 2.75) is 32.6 Å². The van der Waals surface area contributed by atoms with E-state index in [-0.39, 0.29) is 0 Å². The zero-order valence-electron chi connectivity index (χ0n) is 16.1. The van der Waals surface area contributed by atoms with Crippen molar-refractivity contribution in [1.29, 1.82) is 0 Å². The Kier molecular flexibility index (Phi) is 5.50. The van der Waals surface area contributed by atoms with E-state index in [1.54, 1.807) is 0 Å². The molecule has 0 N–H and O–H groups in total. The molecular formula is C21H27ClN4O. The summed E-state index contributed by atoms with van der Waals surface area (Å²) in [4.78, 5) is 14.2. The van der Waals surface area contributed by atoms with E-state index in [2.05, 4.69) is 34.9 Å². The minimum atomic E-state index is 0.495. The van der Waals surface area contributed by atoms with Crippen LogP contribution in [0.3, 0.4) is 0 Å². The van der Waals surface area contributed by atoms with Crippen molar-refractivity contribution in [3.05, 3.63) is 46.4 Å². The van der Waals surface area contributed by atoms with Crippen molar-refractivity contribution in [2.75, 3.05) is 49.2 Å². The van der Waals surface area contributed by atoms with Gasteiger partial charge in [-0.05, 0) is 44.4 Å². The molecule has 0 spiro atoms. The third kappa shape index (κ3) is 4.19. The third-order valence-electron chi connectivity index (χ3n) is 5.60. The molecule has 0 saturated carbocycles. The maximum absolute atomic E-state index is 6.21. The first kappa shape index (κ1) is 18.5. The van der Waals surface area contributed by atoms with Gasteiger partial charge in [0.2, 0.25) is 0 Å². The second-order valence-corrected chi connectivity index (χ2v) is 7.93. The van der Waals surface area contributed by atoms with Gasteiger partial charge in [0.25, 0.3) is 0 Å². The molecule has 2 aliphatic rings. The van der Waals surface area contributed by atoms with Gasteiger partial charge < -0.3 is 14.5 Å². The molecule has 2 saturated heterocycles. The van der Waals surface area contributed by atoms with Gasteiger partial charge in [-0.1, -0.05) is 17.7 Å². The van der Waals surface area contributed by atoms with Crippen LogP contribution in [-0.2, 0) is 4.74 Å². The zero-order valence-corrected chi connectivity index (χ0v) is 16.9. The maximum Gasteiger partial charge on any atom is 0.132 e. The predicted octanol–water partition coefficient (Wildman–Crippen LogP) is 3.97. The Hall–Kier alpha value is -1.85. The number of rotatable bonds is 3. The Labute approximate surface area is 166 Å². The molecule has 2 fully saturated rings. The van der Waals surface area contributed by atoms with Gasteiger partial charge in [-0.2, -0.15) is 0 Å². The molecule has 0 aliphatic carbocycles. The third-order valence-corrected chi connectivity index (χ3v) is 5.83. The summed E-state index contributed by atoms with van der Waals surface area (Å²) in [5, 5.41) is 0.797. The van der Waals surface area contributed by atoms with Gasteiger partial charge in [0.05, 0.1) is 0 Å². The normalized spacial score (nSPS) is 18.8. The predicted molar refractivity (Wildman–Crippen MR) is 110 cm³/mol. The number of benzene rings is 1. The van der Waals surface area contributed by atoms with Crippen LogP contribution in [-0.4, -0.2) is 49.4 Å². The molecule has 0 radical (unpaired) electrons. The van der Waals surface area contributed by atoms with Gasteiger partial charge in [0.1, 0.15) is 11.6 Å². The second-order valence-electron chi connectivity index (χ2n) is 7.49. The van der Waals surface area contributed by atoms with Gasteiger partial charge in [0, 0.05) is 67.8 Å². The smallest absolute Gasteiger partial charge is 0.132 e. The number of nitrogens with zero attached hydrogens (tertiary/aromatic N) is 4. The summed E-state index contributed by atoms with van der Waals surface area (Å²) in [6.45, 7) is 9.66. The summed E-state index contributed by atoms with van der Waals surface area (Å²) in [5.74, 6) is 2.42. The molecule has 2 aliphatic heterocycles. The largest absolute Gasteiger partial charge is 0.381 e. The van der Waals surface area contributed by atoms with E-state index in [1.165, 1.54) is 16.9 Å². The first-order valence-corrected chi connectivity index (χ1v) is 10.2. The molecule has 4 rings (SSSR count). The summed E-state index contributed by atoms with van der Waals surface area (Å²) < 4.78 is 5.50. The van der Waals surface area contributed by atoms with Crippen LogP contribution in [0.15, 0.2) is 24.3 Å². The highest BCUT2D eigenvalue weighted by Crippen LogP contribution is 2.29. The molecule has 2 aromatic rings. The SMILES string of the molecule is Cc1nc(C2CCOCC2)cc(N2CCN(c3cc(Cl)ccc3C)CC2)n1. The zero-order chi connectivity index (χ0) is 18.8. The average Bonchev–Trinajstić information content (AvgIpc) is 2.70. The van der Waals surface area contributed by atoms with E-state index < -0.39 is 0 Å². The van der Waals surface area contributed by atoms with Crippen LogP contribution in [0.5, 0.6) is 0 Å². The lowest BCUT2D eigenvalue weighted by Crippen LogP contribution is -2.47. The molecular weight excluding hydrogens is 360 g/mol. The lowest BCUT2D eigenvalue weighted by Gasteiger charge is -2.37. The van der Waals surface area contributed by atoms with E-state index in [9.17, 15) is 0 Å². The molecule has 0 amide bonds. The number of halogens is 1. The lowest BCUT2D eigenvalue weighted by atomic mass is 9.96. The average molecular weight is 387 g/mol. The number of aromatic nitrogens is 2. The molecule has 0 unspecified atom stereocenters. The van der Waals surface area contributed by atoms with Crippen LogP contribution in [0.25, 0.3) is 0 Å². The molecule has 0 atom stereocenters. The summed E-state index contributed by atoms with van der Waals surface area (Å²) in [6, 6.07) is 8.32. The molecule has 6 heteroatoms. The number of ether oxygens (including phenoxy) is 1. The van der Waals surface area contributed by atoms with Gasteiger partial charge in [-0.25, -0.2) is 9.97 Å². The van der Waals surface area contributed by atoms with E-state index in [4.69, 9.17) is 26.3 Å². The summed E-state index contributed by atoms with van der Waals surface area (Å²) in [5.41, 5.74) is 3.69. The maximum atomic E-state index is 6.21. The Morgan fingerprint density at radius 3 is 2.41 bits per heavy atom. The summed E-state index contributed by atoms with van der Waals surface area (Å²) in [7, 11) is 0. The number of hydrogen-bond donors (Lipinski definition) is 0. The Morgan fingerprint density at radius 2 is 1.67 bits per heavy atom. The van der Waals surface area contributed by atoms with Crippen LogP contribution in [0, 0.1) is 13.8 Å². The van der Waals surface area contributed by atoms with Crippen molar-refractivity contribution < 1.29 is 4.74 Å². The second kappa shape index (κ2) is 8.03. The first-order chi connectivity index (χ1) is 13.1. The number of aryl methyl sites for hydroxylation is 2. The molecule has 1 aromatic carbocycles. The topological polar surface area (TPSA) is 41.5 Å². The van der Waals surface area contributed by atoms with Gasteiger partial charge >= 0.3 is 0 Å². The highest BCUT2D eigenvalue weighted by molar-refractivity contribution is 6.30. The fraction of sp³-hybridized carbons (Fsp3) is 0.524. The lowest BCUT2D eigenvalue weighted by molar-refractivity contribution is 0.0844. The van der Waals surface area contributed by atoms with Crippen molar-refractivity contribution in [1.82, 2.24) is 9.97 Å². The minimum absolute atomic E-state index is 0.495. The summed E-state index contributed by atoms with van der Waals surface area (Å²) >= 11 is 6.21. The van der Waals surface area contributed by atoms with Crippen LogP contribution < -0.4 is 9.80 Å². The Balaban J connectivity index is 1.48. The standard InChI is InChI=1S/C21H27ClN4O/c1-15-3-4-18(22)13-20(15)25-7-9-26(10-8-25)21-14-19(23-16(2)24-21)17-5-11-27-12-6-17/h3-4,13-14,17H,5-12H2,1-2H3. The molecule has 27 heavy (non-hydrogen) atoms. The van der Waals surface area contributed by atoms with Crippen LogP contribution in [0.1, 0.15) is 35.8 Å². The Bertz CT molecular complexity index is 799. The molecule has 5 nitrogen and oxygen atoms in total. The molecule has 1 aromatic heterocycles. The Morgan fingerprint density at radius 1 is 0.963 bits per heavy atom. The number of piperazine rings is 1. The van der Waals surface area contributed by atoms with Crippen LogP contribution in [0.4, 0.5) is 11.5 Å². The van der Waals surface area contributed by atoms with Gasteiger partial charge in [-0.15, -0.1) is 0 Å². The highest BCUT2D eigenvalue weighted by Gasteiger charge is 2.23. The van der Waals surface area contributed by atoms with Crippen molar-refractivity contribution in [3.63, 3.8) is 0 Å². The number of anilines is 2. The first-order valence-electron chi connectivity index (χ1n) is 9.79. The van der Waals surface area contributed by atoms with E-state index >= 15 is 0 Å². The molecule has 0 bridgehead atoms. The van der Waals surface area contributed by atoms with Crippen LogP contribution in [0.2, 0.25) is 5.02 Å². The van der Waals surface area contributed by atoms with Crippen LogP contribution >= 0.6 is 11.6 Å². The quantitative estimate of drug-likeness (QED) is 0.798. The fourth-order valence-corrected chi connectivity index (χ4v) is 4.20. The fourth-order valence-electron chi connectivity index (χ4n) is 4.04. The van der Waals surface area contributed by atoms with E-state index in [1.807, 2.05) is 13.0 Å². The van der Waals surface area contributed by atoms with Gasteiger partial charge in [0.15, 0.2) is 0 Å². The summed E-state index contributed by atoms with van der Waals surface area (Å²) in [6.07, 6.45) is 2.11. The van der Waals surface area contributed by atoms with Gasteiger partial charge in [-0.3, -0.25) is 0 Å². The monoisotopic (exact) mass is 386 g/mol. The van der Waals surface area contributed by atoms with Crippen molar-refractivity contribution in [3.8, 4) is 0 Å². The molecule has 144 valence electrons. The van der Waals surface area contributed by atoms with E-state index in [0.29, 0.717) is 5.92 Å². The number of hydrogen-bond acceptors (Lipinski definition) is 5. The van der Waals surface area contributed by atoms with E-state index in [0.717, 1.165) is 68.9 Å².